The quantitative estimate of drug-likeness (QED) is 0.364. The number of benzene rings is 3. The van der Waals surface area contributed by atoms with Gasteiger partial charge in [-0.2, -0.15) is 0 Å². The Morgan fingerprint density at radius 1 is 0.947 bits per heavy atom. The number of fused-ring (bicyclic) bond motifs is 1. The summed E-state index contributed by atoms with van der Waals surface area (Å²) in [7, 11) is 0. The summed E-state index contributed by atoms with van der Waals surface area (Å²) in [5.41, 5.74) is 1.78. The van der Waals surface area contributed by atoms with Crippen molar-refractivity contribution in [3.8, 4) is 5.75 Å². The standard InChI is InChI=1S/C27H23F3N4O4/c28-27(29,30)38-23-9-5-4-8-18(23)24(35)31-20-12-13-34(15-19(20)16-6-2-1-3-7-16)25(36)17-10-11-21-22(14-17)33-26(37)32-21/h1-11,14,19-20H,12-13,15H2,(H,31,35)(H2,32,33,37)/t19-,20-/m1/s1. The van der Waals surface area contributed by atoms with Crippen LogP contribution < -0.4 is 15.7 Å². The Bertz CT molecular complexity index is 1530. The Kier molecular flexibility index (Phi) is 6.66. The molecule has 2 heterocycles. The Balaban J connectivity index is 1.38. The molecule has 0 saturated carbocycles. The first-order chi connectivity index (χ1) is 18.2. The van der Waals surface area contributed by atoms with Gasteiger partial charge >= 0.3 is 12.1 Å². The number of nitrogens with zero attached hydrogens (tertiary/aromatic N) is 1. The predicted molar refractivity (Wildman–Crippen MR) is 133 cm³/mol. The van der Waals surface area contributed by atoms with E-state index in [1.165, 1.54) is 18.2 Å². The Morgan fingerprint density at radius 2 is 1.66 bits per heavy atom. The number of likely N-dealkylation sites (tertiary alicyclic amines) is 1. The summed E-state index contributed by atoms with van der Waals surface area (Å²) in [6, 6.07) is 18.9. The number of hydrogen-bond acceptors (Lipinski definition) is 4. The highest BCUT2D eigenvalue weighted by molar-refractivity contribution is 5.98. The molecule has 2 amide bonds. The van der Waals surface area contributed by atoms with Crippen LogP contribution >= 0.6 is 0 Å². The minimum atomic E-state index is -4.94. The summed E-state index contributed by atoms with van der Waals surface area (Å²) in [6.45, 7) is 0.589. The highest BCUT2D eigenvalue weighted by Gasteiger charge is 2.36. The third kappa shape index (κ3) is 5.41. The summed E-state index contributed by atoms with van der Waals surface area (Å²) in [4.78, 5) is 45.0. The van der Waals surface area contributed by atoms with Crippen molar-refractivity contribution in [1.82, 2.24) is 20.2 Å². The number of aromatic amines is 2. The summed E-state index contributed by atoms with van der Waals surface area (Å²) in [5, 5.41) is 2.87. The second-order valence-electron chi connectivity index (χ2n) is 9.02. The number of amides is 2. The number of H-pyrrole nitrogens is 2. The fraction of sp³-hybridized carbons (Fsp3) is 0.222. The van der Waals surface area contributed by atoms with Gasteiger partial charge in [0.25, 0.3) is 11.8 Å². The first kappa shape index (κ1) is 25.1. The highest BCUT2D eigenvalue weighted by atomic mass is 19.4. The van der Waals surface area contributed by atoms with E-state index in [4.69, 9.17) is 0 Å². The highest BCUT2D eigenvalue weighted by Crippen LogP contribution is 2.31. The van der Waals surface area contributed by atoms with E-state index in [-0.39, 0.29) is 29.6 Å². The number of aromatic nitrogens is 2. The lowest BCUT2D eigenvalue weighted by atomic mass is 9.85. The number of piperidine rings is 1. The molecule has 1 saturated heterocycles. The smallest absolute Gasteiger partial charge is 0.405 e. The van der Waals surface area contributed by atoms with Crippen LogP contribution in [0, 0.1) is 0 Å². The van der Waals surface area contributed by atoms with Crippen LogP contribution in [0.5, 0.6) is 5.75 Å². The van der Waals surface area contributed by atoms with Gasteiger partial charge in [0, 0.05) is 30.6 Å². The fourth-order valence-corrected chi connectivity index (χ4v) is 4.81. The van der Waals surface area contributed by atoms with Gasteiger partial charge in [-0.1, -0.05) is 42.5 Å². The van der Waals surface area contributed by atoms with Crippen molar-refractivity contribution in [2.45, 2.75) is 24.7 Å². The van der Waals surface area contributed by atoms with Gasteiger partial charge in [-0.05, 0) is 42.3 Å². The van der Waals surface area contributed by atoms with E-state index >= 15 is 0 Å². The molecule has 1 fully saturated rings. The number of halogens is 3. The van der Waals surface area contributed by atoms with Crippen LogP contribution in [0.1, 0.15) is 38.6 Å². The van der Waals surface area contributed by atoms with Crippen molar-refractivity contribution in [2.75, 3.05) is 13.1 Å². The maximum atomic E-state index is 13.4. The number of imidazole rings is 1. The molecule has 5 rings (SSSR count). The third-order valence-corrected chi connectivity index (χ3v) is 6.56. The van der Waals surface area contributed by atoms with Gasteiger partial charge in [-0.3, -0.25) is 9.59 Å². The zero-order chi connectivity index (χ0) is 26.9. The molecule has 8 nitrogen and oxygen atoms in total. The van der Waals surface area contributed by atoms with Crippen LogP contribution in [0.25, 0.3) is 11.0 Å². The van der Waals surface area contributed by atoms with Crippen LogP contribution in [0.4, 0.5) is 13.2 Å². The number of nitrogens with one attached hydrogen (secondary N) is 3. The Morgan fingerprint density at radius 3 is 2.42 bits per heavy atom. The summed E-state index contributed by atoms with van der Waals surface area (Å²) in [5.74, 6) is -1.83. The number of alkyl halides is 3. The number of ether oxygens (including phenoxy) is 1. The second kappa shape index (κ2) is 10.1. The molecular weight excluding hydrogens is 501 g/mol. The molecule has 3 N–H and O–H groups in total. The van der Waals surface area contributed by atoms with Crippen LogP contribution in [0.3, 0.4) is 0 Å². The van der Waals surface area contributed by atoms with Crippen molar-refractivity contribution in [3.05, 3.63) is 100.0 Å². The first-order valence-electron chi connectivity index (χ1n) is 11.9. The molecule has 38 heavy (non-hydrogen) atoms. The molecule has 0 aliphatic carbocycles. The van der Waals surface area contributed by atoms with E-state index in [9.17, 15) is 27.6 Å². The Hall–Kier alpha value is -4.54. The van der Waals surface area contributed by atoms with E-state index in [1.54, 1.807) is 23.1 Å². The van der Waals surface area contributed by atoms with Crippen LogP contribution in [-0.2, 0) is 0 Å². The van der Waals surface area contributed by atoms with Crippen LogP contribution in [0.2, 0.25) is 0 Å². The normalized spacial score (nSPS) is 17.8. The molecule has 3 aromatic carbocycles. The SMILES string of the molecule is O=C(N[C@@H]1CCN(C(=O)c2ccc3[nH]c(=O)[nH]c3c2)C[C@@H]1c1ccccc1)c1ccccc1OC(F)(F)F. The van der Waals surface area contributed by atoms with E-state index in [0.29, 0.717) is 29.6 Å². The topological polar surface area (TPSA) is 107 Å². The maximum Gasteiger partial charge on any atom is 0.573 e. The third-order valence-electron chi connectivity index (χ3n) is 6.56. The largest absolute Gasteiger partial charge is 0.573 e. The minimum Gasteiger partial charge on any atom is -0.405 e. The van der Waals surface area contributed by atoms with Gasteiger partial charge in [0.1, 0.15) is 5.75 Å². The fourth-order valence-electron chi connectivity index (χ4n) is 4.81. The van der Waals surface area contributed by atoms with E-state index in [0.717, 1.165) is 11.6 Å². The molecule has 0 bridgehead atoms. The molecule has 0 unspecified atom stereocenters. The lowest BCUT2D eigenvalue weighted by molar-refractivity contribution is -0.274. The molecule has 196 valence electrons. The first-order valence-corrected chi connectivity index (χ1v) is 11.9. The van der Waals surface area contributed by atoms with E-state index in [2.05, 4.69) is 20.0 Å². The zero-order valence-corrected chi connectivity index (χ0v) is 19.9. The molecule has 2 atom stereocenters. The van der Waals surface area contributed by atoms with Crippen molar-refractivity contribution in [1.29, 1.82) is 0 Å². The number of hydrogen-bond donors (Lipinski definition) is 3. The van der Waals surface area contributed by atoms with Gasteiger partial charge in [0.15, 0.2) is 0 Å². The molecule has 1 aliphatic rings. The molecule has 0 radical (unpaired) electrons. The molecular formula is C27H23F3N4O4. The lowest BCUT2D eigenvalue weighted by Crippen LogP contribution is -2.51. The zero-order valence-electron chi connectivity index (χ0n) is 19.9. The average Bonchev–Trinajstić information content (AvgIpc) is 3.27. The summed E-state index contributed by atoms with van der Waals surface area (Å²) < 4.78 is 42.6. The predicted octanol–water partition coefficient (Wildman–Crippen LogP) is 4.18. The van der Waals surface area contributed by atoms with Crippen molar-refractivity contribution < 1.29 is 27.5 Å². The monoisotopic (exact) mass is 524 g/mol. The molecule has 0 spiro atoms. The van der Waals surface area contributed by atoms with Gasteiger partial charge in [0.2, 0.25) is 0 Å². The van der Waals surface area contributed by atoms with Gasteiger partial charge < -0.3 is 24.9 Å². The number of rotatable bonds is 5. The number of para-hydroxylation sites is 1. The minimum absolute atomic E-state index is 0.232. The Labute approximate surface area is 214 Å². The van der Waals surface area contributed by atoms with E-state index < -0.39 is 24.1 Å². The molecule has 1 aliphatic heterocycles. The van der Waals surface area contributed by atoms with Gasteiger partial charge in [0.05, 0.1) is 16.6 Å². The van der Waals surface area contributed by atoms with Gasteiger partial charge in [-0.15, -0.1) is 13.2 Å². The van der Waals surface area contributed by atoms with Crippen molar-refractivity contribution in [3.63, 3.8) is 0 Å². The summed E-state index contributed by atoms with van der Waals surface area (Å²) in [6.07, 6.45) is -4.56. The number of carbonyl (C=O) groups excluding carboxylic acids is 2. The lowest BCUT2D eigenvalue weighted by Gasteiger charge is -2.39. The molecule has 4 aromatic rings. The van der Waals surface area contributed by atoms with Crippen molar-refractivity contribution >= 4 is 22.8 Å². The van der Waals surface area contributed by atoms with E-state index in [1.807, 2.05) is 30.3 Å². The molecule has 11 heteroatoms. The average molecular weight is 524 g/mol. The van der Waals surface area contributed by atoms with Crippen molar-refractivity contribution in [2.24, 2.45) is 0 Å². The maximum absolute atomic E-state index is 13.4. The second-order valence-corrected chi connectivity index (χ2v) is 9.02. The van der Waals surface area contributed by atoms with Crippen LogP contribution in [-0.4, -0.2) is 52.2 Å². The summed E-state index contributed by atoms with van der Waals surface area (Å²) >= 11 is 0. The molecule has 1 aromatic heterocycles. The van der Waals surface area contributed by atoms with Crippen LogP contribution in [0.15, 0.2) is 77.6 Å². The van der Waals surface area contributed by atoms with Gasteiger partial charge in [-0.25, -0.2) is 4.79 Å². The number of carbonyl (C=O) groups is 2.